The van der Waals surface area contributed by atoms with Crippen molar-refractivity contribution < 1.29 is 9.90 Å². The number of benzene rings is 1. The quantitative estimate of drug-likeness (QED) is 0.855. The number of aryl methyl sites for hydroxylation is 1. The molecule has 17 heavy (non-hydrogen) atoms. The Morgan fingerprint density at radius 2 is 1.76 bits per heavy atom. The van der Waals surface area contributed by atoms with E-state index in [1.54, 1.807) is 0 Å². The summed E-state index contributed by atoms with van der Waals surface area (Å²) in [6.07, 6.45) is 1.61. The first-order chi connectivity index (χ1) is 7.79. The fourth-order valence-corrected chi connectivity index (χ4v) is 1.81. The highest BCUT2D eigenvalue weighted by Crippen LogP contribution is 2.29. The van der Waals surface area contributed by atoms with Crippen LogP contribution in [-0.2, 0) is 4.79 Å². The molecule has 0 bridgehead atoms. The van der Waals surface area contributed by atoms with Gasteiger partial charge in [0.2, 0.25) is 0 Å². The van der Waals surface area contributed by atoms with Gasteiger partial charge >= 0.3 is 5.97 Å². The lowest BCUT2D eigenvalue weighted by Gasteiger charge is -2.21. The Hall–Kier alpha value is -1.31. The van der Waals surface area contributed by atoms with Gasteiger partial charge in [0.1, 0.15) is 0 Å². The summed E-state index contributed by atoms with van der Waals surface area (Å²) in [7, 11) is 0. The third kappa shape index (κ3) is 4.59. The molecule has 0 spiro atoms. The van der Waals surface area contributed by atoms with Gasteiger partial charge < -0.3 is 5.11 Å². The van der Waals surface area contributed by atoms with E-state index in [1.165, 1.54) is 0 Å². The van der Waals surface area contributed by atoms with E-state index in [2.05, 4.69) is 20.8 Å². The van der Waals surface area contributed by atoms with Gasteiger partial charge in [-0.2, -0.15) is 0 Å². The molecule has 94 valence electrons. The van der Waals surface area contributed by atoms with Crippen LogP contribution in [-0.4, -0.2) is 11.1 Å². The van der Waals surface area contributed by atoms with Crippen molar-refractivity contribution in [1.29, 1.82) is 0 Å². The monoisotopic (exact) mass is 234 g/mol. The molecule has 0 amide bonds. The number of carbonyl (C=O) groups is 1. The molecule has 1 rings (SSSR count). The average Bonchev–Trinajstić information content (AvgIpc) is 2.18. The lowest BCUT2D eigenvalue weighted by atomic mass is 9.84. The molecule has 0 radical (unpaired) electrons. The summed E-state index contributed by atoms with van der Waals surface area (Å²) in [6, 6.07) is 7.80. The van der Waals surface area contributed by atoms with Gasteiger partial charge in [-0.3, -0.25) is 4.79 Å². The summed E-state index contributed by atoms with van der Waals surface area (Å²) in [4.78, 5) is 11.3. The predicted octanol–water partition coefficient (Wildman–Crippen LogP) is 3.99. The van der Waals surface area contributed by atoms with Crippen LogP contribution in [0, 0.1) is 12.3 Å². The second kappa shape index (κ2) is 5.35. The van der Waals surface area contributed by atoms with Gasteiger partial charge in [0, 0.05) is 0 Å². The molecule has 2 heteroatoms. The fraction of sp³-hybridized carbons (Fsp3) is 0.533. The van der Waals surface area contributed by atoms with Gasteiger partial charge in [-0.25, -0.2) is 0 Å². The molecular weight excluding hydrogens is 212 g/mol. The molecule has 2 nitrogen and oxygen atoms in total. The van der Waals surface area contributed by atoms with E-state index in [-0.39, 0.29) is 11.3 Å². The third-order valence-electron chi connectivity index (χ3n) is 2.96. The maximum absolute atomic E-state index is 11.3. The van der Waals surface area contributed by atoms with Crippen LogP contribution in [0.4, 0.5) is 0 Å². The number of hydrogen-bond donors (Lipinski definition) is 1. The smallest absolute Gasteiger partial charge is 0.310 e. The molecule has 1 unspecified atom stereocenters. The zero-order valence-corrected chi connectivity index (χ0v) is 11.2. The number of aliphatic carboxylic acids is 1. The molecule has 0 fully saturated rings. The van der Waals surface area contributed by atoms with Crippen LogP contribution in [0.25, 0.3) is 0 Å². The maximum Gasteiger partial charge on any atom is 0.310 e. The van der Waals surface area contributed by atoms with E-state index < -0.39 is 5.97 Å². The Balaban J connectivity index is 2.79. The van der Waals surface area contributed by atoms with E-state index in [0.717, 1.165) is 17.5 Å². The van der Waals surface area contributed by atoms with Crippen LogP contribution < -0.4 is 0 Å². The van der Waals surface area contributed by atoms with Gasteiger partial charge in [-0.05, 0) is 30.7 Å². The van der Waals surface area contributed by atoms with Gasteiger partial charge in [0.25, 0.3) is 0 Å². The molecule has 0 aliphatic heterocycles. The predicted molar refractivity (Wildman–Crippen MR) is 70.2 cm³/mol. The van der Waals surface area contributed by atoms with E-state index in [0.29, 0.717) is 6.42 Å². The first kappa shape index (κ1) is 13.8. The minimum absolute atomic E-state index is 0.179. The Kier molecular flexibility index (Phi) is 4.33. The Bertz CT molecular complexity index is 371. The molecule has 0 saturated heterocycles. The highest BCUT2D eigenvalue weighted by molar-refractivity contribution is 5.76. The highest BCUT2D eigenvalue weighted by atomic mass is 16.4. The summed E-state index contributed by atoms with van der Waals surface area (Å²) in [5, 5.41) is 9.29. The van der Waals surface area contributed by atoms with E-state index in [4.69, 9.17) is 0 Å². The van der Waals surface area contributed by atoms with Gasteiger partial charge in [0.15, 0.2) is 0 Å². The van der Waals surface area contributed by atoms with Crippen molar-refractivity contribution >= 4 is 5.97 Å². The number of rotatable bonds is 4. The van der Waals surface area contributed by atoms with Crippen molar-refractivity contribution in [1.82, 2.24) is 0 Å². The summed E-state index contributed by atoms with van der Waals surface area (Å²) in [5.74, 6) is -1.10. The second-order valence-electron chi connectivity index (χ2n) is 5.90. The Morgan fingerprint density at radius 1 is 1.24 bits per heavy atom. The van der Waals surface area contributed by atoms with Crippen LogP contribution in [0.2, 0.25) is 0 Å². The van der Waals surface area contributed by atoms with Crippen molar-refractivity contribution in [3.05, 3.63) is 35.4 Å². The SMILES string of the molecule is Cc1ccc(C(CCC(C)(C)C)C(=O)O)cc1. The first-order valence-corrected chi connectivity index (χ1v) is 6.09. The zero-order valence-electron chi connectivity index (χ0n) is 11.2. The topological polar surface area (TPSA) is 37.3 Å². The van der Waals surface area contributed by atoms with Crippen molar-refractivity contribution in [2.24, 2.45) is 5.41 Å². The summed E-state index contributed by atoms with van der Waals surface area (Å²) < 4.78 is 0. The molecule has 1 aromatic rings. The fourth-order valence-electron chi connectivity index (χ4n) is 1.81. The van der Waals surface area contributed by atoms with Crippen LogP contribution in [0.1, 0.15) is 50.7 Å². The standard InChI is InChI=1S/C15H22O2/c1-11-5-7-12(8-6-11)13(14(16)17)9-10-15(2,3)4/h5-8,13H,9-10H2,1-4H3,(H,16,17). The minimum Gasteiger partial charge on any atom is -0.481 e. The summed E-state index contributed by atoms with van der Waals surface area (Å²) >= 11 is 0. The zero-order chi connectivity index (χ0) is 13.1. The van der Waals surface area contributed by atoms with Crippen LogP contribution in [0.15, 0.2) is 24.3 Å². The molecular formula is C15H22O2. The van der Waals surface area contributed by atoms with Crippen molar-refractivity contribution in [3.63, 3.8) is 0 Å². The molecule has 1 aromatic carbocycles. The lowest BCUT2D eigenvalue weighted by Crippen LogP contribution is -2.15. The maximum atomic E-state index is 11.3. The summed E-state index contributed by atoms with van der Waals surface area (Å²) in [5.41, 5.74) is 2.25. The van der Waals surface area contributed by atoms with Crippen molar-refractivity contribution in [3.8, 4) is 0 Å². The van der Waals surface area contributed by atoms with Crippen LogP contribution >= 0.6 is 0 Å². The Morgan fingerprint density at radius 3 is 2.18 bits per heavy atom. The van der Waals surface area contributed by atoms with Crippen LogP contribution in [0.3, 0.4) is 0 Å². The van der Waals surface area contributed by atoms with Gasteiger partial charge in [-0.15, -0.1) is 0 Å². The van der Waals surface area contributed by atoms with E-state index >= 15 is 0 Å². The van der Waals surface area contributed by atoms with Crippen LogP contribution in [0.5, 0.6) is 0 Å². The molecule has 1 atom stereocenters. The third-order valence-corrected chi connectivity index (χ3v) is 2.96. The summed E-state index contributed by atoms with van der Waals surface area (Å²) in [6.45, 7) is 8.43. The highest BCUT2D eigenvalue weighted by Gasteiger charge is 2.22. The van der Waals surface area contributed by atoms with Gasteiger partial charge in [-0.1, -0.05) is 50.6 Å². The molecule has 0 aliphatic rings. The van der Waals surface area contributed by atoms with Crippen molar-refractivity contribution in [2.45, 2.75) is 46.5 Å². The molecule has 0 aliphatic carbocycles. The van der Waals surface area contributed by atoms with Crippen molar-refractivity contribution in [2.75, 3.05) is 0 Å². The second-order valence-corrected chi connectivity index (χ2v) is 5.90. The lowest BCUT2D eigenvalue weighted by molar-refractivity contribution is -0.139. The number of carboxylic acids is 1. The molecule has 0 heterocycles. The number of hydrogen-bond acceptors (Lipinski definition) is 1. The largest absolute Gasteiger partial charge is 0.481 e. The normalized spacial score (nSPS) is 13.4. The Labute approximate surface area is 104 Å². The molecule has 1 N–H and O–H groups in total. The number of carboxylic acid groups (broad SMARTS) is 1. The average molecular weight is 234 g/mol. The van der Waals surface area contributed by atoms with Gasteiger partial charge in [0.05, 0.1) is 5.92 Å². The first-order valence-electron chi connectivity index (χ1n) is 6.09. The molecule has 0 aromatic heterocycles. The van der Waals surface area contributed by atoms with E-state index in [1.807, 2.05) is 31.2 Å². The van der Waals surface area contributed by atoms with E-state index in [9.17, 15) is 9.90 Å². The minimum atomic E-state index is -0.724. The molecule has 0 saturated carbocycles.